The number of rotatable bonds is 3. The Balaban J connectivity index is 1.65. The first-order valence-electron chi connectivity index (χ1n) is 4.69. The second kappa shape index (κ2) is 2.76. The van der Waals surface area contributed by atoms with Gasteiger partial charge >= 0.3 is 0 Å². The number of hydrogen-bond acceptors (Lipinski definition) is 2. The Morgan fingerprint density at radius 3 is 2.82 bits per heavy atom. The highest BCUT2D eigenvalue weighted by molar-refractivity contribution is 4.98. The van der Waals surface area contributed by atoms with Gasteiger partial charge in [-0.3, -0.25) is 0 Å². The van der Waals surface area contributed by atoms with Gasteiger partial charge in [0, 0.05) is 12.1 Å². The standard InChI is InChI=1S/C9H17NO/c10-9(5-6-9)4-3-8-2-1-7-11-8/h8H,1-7,10H2. The van der Waals surface area contributed by atoms with E-state index in [1.54, 1.807) is 0 Å². The van der Waals surface area contributed by atoms with E-state index in [-0.39, 0.29) is 5.54 Å². The van der Waals surface area contributed by atoms with Crippen LogP contribution in [0.25, 0.3) is 0 Å². The quantitative estimate of drug-likeness (QED) is 0.669. The molecule has 0 bridgehead atoms. The third-order valence-corrected chi connectivity index (χ3v) is 2.88. The number of ether oxygens (including phenoxy) is 1. The molecule has 11 heavy (non-hydrogen) atoms. The van der Waals surface area contributed by atoms with E-state index in [2.05, 4.69) is 0 Å². The minimum Gasteiger partial charge on any atom is -0.378 e. The molecule has 1 aliphatic heterocycles. The minimum atomic E-state index is 0.228. The zero-order chi connectivity index (χ0) is 7.73. The highest BCUT2D eigenvalue weighted by atomic mass is 16.5. The van der Waals surface area contributed by atoms with Gasteiger partial charge in [0.05, 0.1) is 6.10 Å². The number of nitrogens with two attached hydrogens (primary N) is 1. The van der Waals surface area contributed by atoms with E-state index < -0.39 is 0 Å². The predicted octanol–water partition coefficient (Wildman–Crippen LogP) is 1.44. The third-order valence-electron chi connectivity index (χ3n) is 2.88. The van der Waals surface area contributed by atoms with Crippen LogP contribution < -0.4 is 5.73 Å². The van der Waals surface area contributed by atoms with Crippen molar-refractivity contribution in [3.8, 4) is 0 Å². The monoisotopic (exact) mass is 155 g/mol. The topological polar surface area (TPSA) is 35.2 Å². The fourth-order valence-electron chi connectivity index (χ4n) is 1.73. The first-order valence-corrected chi connectivity index (χ1v) is 4.69. The Bertz CT molecular complexity index is 136. The molecule has 2 aliphatic rings. The van der Waals surface area contributed by atoms with Gasteiger partial charge in [0.25, 0.3) is 0 Å². The molecule has 64 valence electrons. The van der Waals surface area contributed by atoms with Gasteiger partial charge in [-0.1, -0.05) is 0 Å². The van der Waals surface area contributed by atoms with Crippen molar-refractivity contribution in [2.45, 2.75) is 50.2 Å². The molecular formula is C9H17NO. The molecule has 0 radical (unpaired) electrons. The highest BCUT2D eigenvalue weighted by Gasteiger charge is 2.38. The van der Waals surface area contributed by atoms with Crippen LogP contribution in [-0.4, -0.2) is 18.2 Å². The molecule has 1 aliphatic carbocycles. The van der Waals surface area contributed by atoms with Crippen molar-refractivity contribution >= 4 is 0 Å². The van der Waals surface area contributed by atoms with E-state index in [1.165, 1.54) is 38.5 Å². The van der Waals surface area contributed by atoms with Crippen LogP contribution in [0.3, 0.4) is 0 Å². The molecule has 0 spiro atoms. The maximum Gasteiger partial charge on any atom is 0.0576 e. The van der Waals surface area contributed by atoms with Crippen molar-refractivity contribution in [1.82, 2.24) is 0 Å². The highest BCUT2D eigenvalue weighted by Crippen LogP contribution is 2.37. The summed E-state index contributed by atoms with van der Waals surface area (Å²) < 4.78 is 5.52. The summed E-state index contributed by atoms with van der Waals surface area (Å²) >= 11 is 0. The summed E-state index contributed by atoms with van der Waals surface area (Å²) in [5, 5.41) is 0. The largest absolute Gasteiger partial charge is 0.378 e. The summed E-state index contributed by atoms with van der Waals surface area (Å²) in [5.74, 6) is 0. The van der Waals surface area contributed by atoms with Gasteiger partial charge < -0.3 is 10.5 Å². The van der Waals surface area contributed by atoms with E-state index >= 15 is 0 Å². The molecule has 2 N–H and O–H groups in total. The summed E-state index contributed by atoms with van der Waals surface area (Å²) in [5.41, 5.74) is 6.20. The van der Waals surface area contributed by atoms with Crippen molar-refractivity contribution in [2.24, 2.45) is 5.73 Å². The first kappa shape index (κ1) is 7.56. The summed E-state index contributed by atoms with van der Waals surface area (Å²) in [4.78, 5) is 0. The second-order valence-electron chi connectivity index (χ2n) is 4.04. The zero-order valence-electron chi connectivity index (χ0n) is 7.01. The molecule has 2 nitrogen and oxygen atoms in total. The molecule has 1 saturated carbocycles. The lowest BCUT2D eigenvalue weighted by Gasteiger charge is -2.12. The predicted molar refractivity (Wildman–Crippen MR) is 44.4 cm³/mol. The van der Waals surface area contributed by atoms with Crippen molar-refractivity contribution in [3.63, 3.8) is 0 Å². The lowest BCUT2D eigenvalue weighted by atomic mass is 10.1. The Labute approximate surface area is 68.1 Å². The van der Waals surface area contributed by atoms with Crippen LogP contribution in [0.5, 0.6) is 0 Å². The van der Waals surface area contributed by atoms with Crippen LogP contribution in [-0.2, 0) is 4.74 Å². The molecule has 2 fully saturated rings. The fraction of sp³-hybridized carbons (Fsp3) is 1.00. The Kier molecular flexibility index (Phi) is 1.90. The lowest BCUT2D eigenvalue weighted by molar-refractivity contribution is 0.1000. The normalized spacial score (nSPS) is 34.1. The van der Waals surface area contributed by atoms with Gasteiger partial charge in [-0.05, 0) is 38.5 Å². The van der Waals surface area contributed by atoms with E-state index in [9.17, 15) is 0 Å². The van der Waals surface area contributed by atoms with Crippen LogP contribution >= 0.6 is 0 Å². The second-order valence-corrected chi connectivity index (χ2v) is 4.04. The Morgan fingerprint density at radius 1 is 1.45 bits per heavy atom. The first-order chi connectivity index (χ1) is 5.29. The van der Waals surface area contributed by atoms with Crippen LogP contribution in [0.15, 0.2) is 0 Å². The van der Waals surface area contributed by atoms with Gasteiger partial charge in [0.2, 0.25) is 0 Å². The van der Waals surface area contributed by atoms with Crippen molar-refractivity contribution in [2.75, 3.05) is 6.61 Å². The maximum absolute atomic E-state index is 5.97. The van der Waals surface area contributed by atoms with Gasteiger partial charge in [0.1, 0.15) is 0 Å². The Morgan fingerprint density at radius 2 is 2.27 bits per heavy atom. The van der Waals surface area contributed by atoms with Crippen LogP contribution in [0, 0.1) is 0 Å². The molecule has 0 aromatic rings. The van der Waals surface area contributed by atoms with E-state index in [4.69, 9.17) is 10.5 Å². The van der Waals surface area contributed by atoms with E-state index in [0.29, 0.717) is 6.10 Å². The van der Waals surface area contributed by atoms with Crippen molar-refractivity contribution in [3.05, 3.63) is 0 Å². The third kappa shape index (κ3) is 1.94. The maximum atomic E-state index is 5.97. The molecule has 2 heteroatoms. The average Bonchev–Trinajstić information content (AvgIpc) is 2.53. The molecule has 1 atom stereocenters. The van der Waals surface area contributed by atoms with Crippen LogP contribution in [0.1, 0.15) is 38.5 Å². The summed E-state index contributed by atoms with van der Waals surface area (Å²) in [6.07, 6.45) is 7.89. The zero-order valence-corrected chi connectivity index (χ0v) is 7.01. The van der Waals surface area contributed by atoms with Gasteiger partial charge in [-0.25, -0.2) is 0 Å². The molecule has 2 rings (SSSR count). The van der Waals surface area contributed by atoms with Gasteiger partial charge in [0.15, 0.2) is 0 Å². The van der Waals surface area contributed by atoms with E-state index in [0.717, 1.165) is 6.61 Å². The Hall–Kier alpha value is -0.0800. The fourth-order valence-corrected chi connectivity index (χ4v) is 1.73. The summed E-state index contributed by atoms with van der Waals surface area (Å²) in [6.45, 7) is 0.974. The molecular weight excluding hydrogens is 138 g/mol. The molecule has 0 aromatic carbocycles. The molecule has 0 aromatic heterocycles. The molecule has 1 saturated heterocycles. The smallest absolute Gasteiger partial charge is 0.0576 e. The SMILES string of the molecule is NC1(CCC2CCCO2)CC1. The summed E-state index contributed by atoms with van der Waals surface area (Å²) in [6, 6.07) is 0. The van der Waals surface area contributed by atoms with E-state index in [1.807, 2.05) is 0 Å². The van der Waals surface area contributed by atoms with Crippen molar-refractivity contribution in [1.29, 1.82) is 0 Å². The van der Waals surface area contributed by atoms with Gasteiger partial charge in [-0.2, -0.15) is 0 Å². The molecule has 1 heterocycles. The summed E-state index contributed by atoms with van der Waals surface area (Å²) in [7, 11) is 0. The van der Waals surface area contributed by atoms with Crippen LogP contribution in [0.2, 0.25) is 0 Å². The van der Waals surface area contributed by atoms with Crippen LogP contribution in [0.4, 0.5) is 0 Å². The lowest BCUT2D eigenvalue weighted by Crippen LogP contribution is -2.23. The van der Waals surface area contributed by atoms with Gasteiger partial charge in [-0.15, -0.1) is 0 Å². The van der Waals surface area contributed by atoms with Crippen molar-refractivity contribution < 1.29 is 4.74 Å². The molecule has 1 unspecified atom stereocenters. The minimum absolute atomic E-state index is 0.228. The molecule has 0 amide bonds. The number of hydrogen-bond donors (Lipinski definition) is 1. The average molecular weight is 155 g/mol.